The molecule has 0 nitrogen and oxygen atoms in total. The third-order valence-corrected chi connectivity index (χ3v) is 6.63. The molecule has 0 heteroatoms. The van der Waals surface area contributed by atoms with Crippen molar-refractivity contribution in [2.24, 2.45) is 5.92 Å². The van der Waals surface area contributed by atoms with Crippen molar-refractivity contribution < 1.29 is 0 Å². The van der Waals surface area contributed by atoms with Gasteiger partial charge in [-0.05, 0) is 50.1 Å². The Morgan fingerprint density at radius 3 is 1.77 bits per heavy atom. The van der Waals surface area contributed by atoms with Crippen molar-refractivity contribution in [1.82, 2.24) is 0 Å². The van der Waals surface area contributed by atoms with E-state index in [1.807, 2.05) is 0 Å². The van der Waals surface area contributed by atoms with Gasteiger partial charge in [-0.1, -0.05) is 91.0 Å². The fraction of sp³-hybridized carbons (Fsp3) is 0.0769. The molecule has 0 heterocycles. The van der Waals surface area contributed by atoms with E-state index in [0.29, 0.717) is 5.92 Å². The molecule has 0 bridgehead atoms. The Balaban J connectivity index is 1.71. The molecular weight excluding hydrogens is 312 g/mol. The van der Waals surface area contributed by atoms with Crippen LogP contribution in [0.25, 0.3) is 16.7 Å². The largest absolute Gasteiger partial charge is 0.0722 e. The van der Waals surface area contributed by atoms with Crippen LogP contribution in [0.1, 0.15) is 22.3 Å². The van der Waals surface area contributed by atoms with Crippen LogP contribution in [0.15, 0.2) is 102 Å². The smallest absolute Gasteiger partial charge is 0.0685 e. The summed E-state index contributed by atoms with van der Waals surface area (Å²) in [6.45, 7) is 0. The first-order valence-electron chi connectivity index (χ1n) is 9.34. The quantitative estimate of drug-likeness (QED) is 0.482. The van der Waals surface area contributed by atoms with E-state index in [2.05, 4.69) is 91.0 Å². The van der Waals surface area contributed by atoms with Crippen LogP contribution >= 0.6 is 0 Å². The molecule has 0 amide bonds. The molecule has 1 spiro atoms. The van der Waals surface area contributed by atoms with Crippen LogP contribution in [0.2, 0.25) is 0 Å². The minimum Gasteiger partial charge on any atom is -0.0685 e. The Morgan fingerprint density at radius 1 is 0.577 bits per heavy atom. The second-order valence-corrected chi connectivity index (χ2v) is 7.69. The Labute approximate surface area is 152 Å². The van der Waals surface area contributed by atoms with Crippen LogP contribution < -0.4 is 0 Å². The molecule has 0 N–H and O–H groups in total. The lowest BCUT2D eigenvalue weighted by Crippen LogP contribution is -2.27. The first-order chi connectivity index (χ1) is 12.9. The monoisotopic (exact) mass is 328 g/mol. The number of allylic oxidation sites excluding steroid dienone is 6. The van der Waals surface area contributed by atoms with Crippen molar-refractivity contribution >= 4 is 5.57 Å². The maximum Gasteiger partial charge on any atom is 0.0722 e. The van der Waals surface area contributed by atoms with E-state index in [9.17, 15) is 0 Å². The lowest BCUT2D eigenvalue weighted by molar-refractivity contribution is 0.783. The third-order valence-electron chi connectivity index (χ3n) is 6.63. The van der Waals surface area contributed by atoms with Crippen LogP contribution in [0.3, 0.4) is 0 Å². The van der Waals surface area contributed by atoms with Crippen LogP contribution in [0.5, 0.6) is 0 Å². The fourth-order valence-electron chi connectivity index (χ4n) is 5.64. The number of rotatable bonds is 0. The van der Waals surface area contributed by atoms with E-state index < -0.39 is 0 Å². The summed E-state index contributed by atoms with van der Waals surface area (Å²) in [7, 11) is 0. The van der Waals surface area contributed by atoms with E-state index in [1.54, 1.807) is 0 Å². The molecule has 26 heavy (non-hydrogen) atoms. The van der Waals surface area contributed by atoms with Crippen LogP contribution in [-0.2, 0) is 5.41 Å². The first kappa shape index (κ1) is 13.1. The maximum atomic E-state index is 2.40. The normalized spacial score (nSPS) is 21.7. The van der Waals surface area contributed by atoms with Gasteiger partial charge in [0, 0.05) is 5.92 Å². The first-order valence-corrected chi connectivity index (χ1v) is 9.34. The number of hydrogen-bond acceptors (Lipinski definition) is 0. The molecule has 0 aromatic heterocycles. The lowest BCUT2D eigenvalue weighted by atomic mass is 9.69. The lowest BCUT2D eigenvalue weighted by Gasteiger charge is -2.32. The molecule has 0 radical (unpaired) electrons. The molecular formula is C26H16. The molecule has 7 rings (SSSR count). The Kier molecular flexibility index (Phi) is 2.10. The molecule has 0 saturated heterocycles. The zero-order valence-electron chi connectivity index (χ0n) is 14.2. The zero-order valence-corrected chi connectivity index (χ0v) is 14.2. The minimum atomic E-state index is -0.155. The zero-order chi connectivity index (χ0) is 16.9. The highest BCUT2D eigenvalue weighted by Gasteiger charge is 2.54. The number of fused-ring (bicyclic) bond motifs is 11. The van der Waals surface area contributed by atoms with Crippen molar-refractivity contribution in [1.29, 1.82) is 0 Å². The standard InChI is InChI=1S/C26H16/c1-4-10-21-17(7-1)18-8-2-5-11-22(18)26(21)23-12-6-3-9-19(23)25-20-15-16(20)13-14-24(25)26/h1-15,20H/t20-/m0/s1. The van der Waals surface area contributed by atoms with Gasteiger partial charge in [0.1, 0.15) is 0 Å². The van der Waals surface area contributed by atoms with Gasteiger partial charge in [0.25, 0.3) is 0 Å². The van der Waals surface area contributed by atoms with Gasteiger partial charge in [-0.3, -0.25) is 0 Å². The topological polar surface area (TPSA) is 0 Å². The van der Waals surface area contributed by atoms with Gasteiger partial charge in [-0.15, -0.1) is 0 Å². The molecule has 3 aromatic carbocycles. The molecule has 120 valence electrons. The van der Waals surface area contributed by atoms with Gasteiger partial charge >= 0.3 is 0 Å². The average molecular weight is 328 g/mol. The highest BCUT2D eigenvalue weighted by Crippen LogP contribution is 2.65. The predicted octanol–water partition coefficient (Wildman–Crippen LogP) is 5.89. The molecule has 4 aliphatic rings. The van der Waals surface area contributed by atoms with E-state index in [-0.39, 0.29) is 5.41 Å². The van der Waals surface area contributed by atoms with Gasteiger partial charge in [0.05, 0.1) is 5.41 Å². The summed E-state index contributed by atoms with van der Waals surface area (Å²) >= 11 is 0. The third kappa shape index (κ3) is 1.26. The molecule has 0 aliphatic heterocycles. The second-order valence-electron chi connectivity index (χ2n) is 7.69. The Bertz CT molecular complexity index is 1190. The summed E-state index contributed by atoms with van der Waals surface area (Å²) < 4.78 is 0. The predicted molar refractivity (Wildman–Crippen MR) is 106 cm³/mol. The van der Waals surface area contributed by atoms with Crippen LogP contribution in [-0.4, -0.2) is 0 Å². The van der Waals surface area contributed by atoms with Crippen molar-refractivity contribution in [3.63, 3.8) is 0 Å². The van der Waals surface area contributed by atoms with Crippen molar-refractivity contribution in [2.45, 2.75) is 5.41 Å². The van der Waals surface area contributed by atoms with E-state index in [4.69, 9.17) is 0 Å². The van der Waals surface area contributed by atoms with Crippen molar-refractivity contribution in [3.05, 3.63) is 124 Å². The molecule has 0 unspecified atom stereocenters. The maximum absolute atomic E-state index is 2.40. The van der Waals surface area contributed by atoms with Crippen molar-refractivity contribution in [3.8, 4) is 11.1 Å². The molecule has 3 aromatic rings. The van der Waals surface area contributed by atoms with E-state index >= 15 is 0 Å². The van der Waals surface area contributed by atoms with Gasteiger partial charge in [0.15, 0.2) is 0 Å². The Hall–Kier alpha value is -3.12. The molecule has 0 fully saturated rings. The van der Waals surface area contributed by atoms with Gasteiger partial charge in [-0.25, -0.2) is 0 Å². The highest BCUT2D eigenvalue weighted by atomic mass is 14.6. The van der Waals surface area contributed by atoms with Crippen molar-refractivity contribution in [2.75, 3.05) is 0 Å². The highest BCUT2D eigenvalue weighted by molar-refractivity contribution is 5.99. The van der Waals surface area contributed by atoms with Crippen LogP contribution in [0.4, 0.5) is 0 Å². The van der Waals surface area contributed by atoms with Gasteiger partial charge in [0.2, 0.25) is 0 Å². The summed E-state index contributed by atoms with van der Waals surface area (Å²) in [5.41, 5.74) is 12.9. The second kappa shape index (κ2) is 4.16. The summed E-state index contributed by atoms with van der Waals surface area (Å²) in [6.07, 6.45) is 7.13. The van der Waals surface area contributed by atoms with E-state index in [1.165, 1.54) is 50.1 Å². The number of hydrogen-bond donors (Lipinski definition) is 0. The molecule has 4 aliphatic carbocycles. The summed E-state index contributed by atoms with van der Waals surface area (Å²) in [6, 6.07) is 27.1. The minimum absolute atomic E-state index is 0.155. The van der Waals surface area contributed by atoms with Crippen LogP contribution in [0, 0.1) is 5.92 Å². The van der Waals surface area contributed by atoms with E-state index in [0.717, 1.165) is 0 Å². The number of benzene rings is 3. The summed E-state index contributed by atoms with van der Waals surface area (Å²) in [5.74, 6) is 0.524. The summed E-state index contributed by atoms with van der Waals surface area (Å²) in [5, 5.41) is 0. The SMILES string of the molecule is C1=CC2=C(c3ccccc3C23c2ccccc2-c2ccccc23)[C@H]2C=C12. The fourth-order valence-corrected chi connectivity index (χ4v) is 5.64. The van der Waals surface area contributed by atoms with Gasteiger partial charge < -0.3 is 0 Å². The molecule has 0 saturated carbocycles. The molecule has 1 atom stereocenters. The van der Waals surface area contributed by atoms with Gasteiger partial charge in [-0.2, -0.15) is 0 Å². The summed E-state index contributed by atoms with van der Waals surface area (Å²) in [4.78, 5) is 0. The average Bonchev–Trinajstić information content (AvgIpc) is 3.36. The Morgan fingerprint density at radius 2 is 1.12 bits per heavy atom.